The van der Waals surface area contributed by atoms with Crippen LogP contribution in [0.1, 0.15) is 24.6 Å². The highest BCUT2D eigenvalue weighted by molar-refractivity contribution is 7.99. The lowest BCUT2D eigenvalue weighted by molar-refractivity contribution is 0.325. The van der Waals surface area contributed by atoms with Crippen molar-refractivity contribution < 1.29 is 9.13 Å². The summed E-state index contributed by atoms with van der Waals surface area (Å²) in [4.78, 5) is 0. The van der Waals surface area contributed by atoms with E-state index in [0.29, 0.717) is 24.0 Å². The predicted octanol–water partition coefficient (Wildman–Crippen LogP) is 3.00. The molecule has 0 spiro atoms. The zero-order valence-electron chi connectivity index (χ0n) is 11.3. The lowest BCUT2D eigenvalue weighted by atomic mass is 10.3. The van der Waals surface area contributed by atoms with E-state index in [4.69, 9.17) is 4.74 Å². The first-order valence-electron chi connectivity index (χ1n) is 6.65. The van der Waals surface area contributed by atoms with Gasteiger partial charge in [-0.05, 0) is 25.0 Å². The molecule has 0 atom stereocenters. The molecule has 0 bridgehead atoms. The first-order valence-corrected chi connectivity index (χ1v) is 7.63. The van der Waals surface area contributed by atoms with Gasteiger partial charge in [-0.2, -0.15) is 0 Å². The summed E-state index contributed by atoms with van der Waals surface area (Å²) in [6.45, 7) is 0.442. The zero-order valence-corrected chi connectivity index (χ0v) is 12.1. The summed E-state index contributed by atoms with van der Waals surface area (Å²) in [5.74, 6) is 2.35. The molecule has 0 radical (unpaired) electrons. The van der Waals surface area contributed by atoms with E-state index in [1.165, 1.54) is 18.9 Å². The maximum Gasteiger partial charge on any atom is 0.191 e. The number of nitrogens with zero attached hydrogens (tertiary/aromatic N) is 3. The molecule has 106 valence electrons. The van der Waals surface area contributed by atoms with E-state index in [9.17, 15) is 4.39 Å². The maximum absolute atomic E-state index is 13.3. The van der Waals surface area contributed by atoms with Crippen molar-refractivity contribution in [2.45, 2.75) is 23.9 Å². The molecule has 1 aromatic carbocycles. The van der Waals surface area contributed by atoms with Crippen LogP contribution in [-0.2, 0) is 7.05 Å². The third-order valence-corrected chi connectivity index (χ3v) is 4.20. The molecule has 0 unspecified atom stereocenters. The number of thioether (sulfide) groups is 1. The Balaban J connectivity index is 1.49. The number of hydrogen-bond donors (Lipinski definition) is 0. The summed E-state index contributed by atoms with van der Waals surface area (Å²) >= 11 is 1.58. The van der Waals surface area contributed by atoms with Gasteiger partial charge in [0.15, 0.2) is 16.7 Å². The van der Waals surface area contributed by atoms with Gasteiger partial charge in [-0.15, -0.1) is 10.2 Å². The Kier molecular flexibility index (Phi) is 3.91. The second-order valence-corrected chi connectivity index (χ2v) is 5.86. The Morgan fingerprint density at radius 1 is 1.35 bits per heavy atom. The van der Waals surface area contributed by atoms with E-state index in [-0.39, 0.29) is 5.82 Å². The standard InChI is InChI=1S/C14H16FN3OS/c1-18-13(10-6-7-10)16-17-14(18)20-9-8-19-12-5-3-2-4-11(12)15/h2-5,10H,6-9H2,1H3. The number of aromatic nitrogens is 3. The normalized spacial score (nSPS) is 14.5. The van der Waals surface area contributed by atoms with Gasteiger partial charge in [0.1, 0.15) is 5.82 Å². The largest absolute Gasteiger partial charge is 0.490 e. The van der Waals surface area contributed by atoms with Crippen LogP contribution in [0.5, 0.6) is 5.75 Å². The lowest BCUT2D eigenvalue weighted by Crippen LogP contribution is -2.03. The minimum Gasteiger partial charge on any atom is -0.490 e. The zero-order chi connectivity index (χ0) is 13.9. The molecule has 0 saturated heterocycles. The van der Waals surface area contributed by atoms with Gasteiger partial charge in [-0.1, -0.05) is 23.9 Å². The smallest absolute Gasteiger partial charge is 0.191 e. The minimum absolute atomic E-state index is 0.296. The van der Waals surface area contributed by atoms with Crippen LogP contribution in [-0.4, -0.2) is 27.1 Å². The Labute approximate surface area is 121 Å². The average Bonchev–Trinajstić information content (AvgIpc) is 3.22. The summed E-state index contributed by atoms with van der Waals surface area (Å²) in [5, 5.41) is 9.30. The Bertz CT molecular complexity index is 598. The molecule has 1 heterocycles. The maximum atomic E-state index is 13.3. The average molecular weight is 293 g/mol. The number of ether oxygens (including phenoxy) is 1. The highest BCUT2D eigenvalue weighted by Gasteiger charge is 2.29. The highest BCUT2D eigenvalue weighted by atomic mass is 32.2. The van der Waals surface area contributed by atoms with Gasteiger partial charge in [-0.3, -0.25) is 0 Å². The van der Waals surface area contributed by atoms with Crippen LogP contribution >= 0.6 is 11.8 Å². The topological polar surface area (TPSA) is 39.9 Å². The summed E-state index contributed by atoms with van der Waals surface area (Å²) in [6.07, 6.45) is 2.43. The Morgan fingerprint density at radius 3 is 2.90 bits per heavy atom. The van der Waals surface area contributed by atoms with Gasteiger partial charge in [-0.25, -0.2) is 4.39 Å². The number of rotatable bonds is 6. The number of hydrogen-bond acceptors (Lipinski definition) is 4. The Morgan fingerprint density at radius 2 is 2.15 bits per heavy atom. The molecule has 3 rings (SSSR count). The van der Waals surface area contributed by atoms with Crippen molar-refractivity contribution in [2.75, 3.05) is 12.4 Å². The summed E-state index contributed by atoms with van der Waals surface area (Å²) in [7, 11) is 1.99. The second-order valence-electron chi connectivity index (χ2n) is 4.80. The molecule has 2 aromatic rings. The highest BCUT2D eigenvalue weighted by Crippen LogP contribution is 2.39. The third-order valence-electron chi connectivity index (χ3n) is 3.22. The fourth-order valence-corrected chi connectivity index (χ4v) is 2.73. The van der Waals surface area contributed by atoms with Crippen molar-refractivity contribution in [3.63, 3.8) is 0 Å². The monoisotopic (exact) mass is 293 g/mol. The van der Waals surface area contributed by atoms with Crippen molar-refractivity contribution in [1.82, 2.24) is 14.8 Å². The van der Waals surface area contributed by atoms with Gasteiger partial charge in [0.25, 0.3) is 0 Å². The molecule has 0 amide bonds. The van der Waals surface area contributed by atoms with E-state index in [1.807, 2.05) is 11.6 Å². The predicted molar refractivity (Wildman–Crippen MR) is 75.6 cm³/mol. The first-order chi connectivity index (χ1) is 9.75. The van der Waals surface area contributed by atoms with Gasteiger partial charge >= 0.3 is 0 Å². The summed E-state index contributed by atoms with van der Waals surface area (Å²) < 4.78 is 20.8. The first kappa shape index (κ1) is 13.4. The van der Waals surface area contributed by atoms with Crippen LogP contribution in [0.3, 0.4) is 0 Å². The quantitative estimate of drug-likeness (QED) is 0.606. The second kappa shape index (κ2) is 5.83. The molecule has 0 N–H and O–H groups in total. The molecule has 20 heavy (non-hydrogen) atoms. The van der Waals surface area contributed by atoms with Crippen LogP contribution in [0.4, 0.5) is 4.39 Å². The summed E-state index contributed by atoms with van der Waals surface area (Å²) in [6, 6.07) is 6.44. The van der Waals surface area contributed by atoms with Gasteiger partial charge in [0, 0.05) is 18.7 Å². The Hall–Kier alpha value is -1.56. The van der Waals surface area contributed by atoms with E-state index in [2.05, 4.69) is 10.2 Å². The molecular weight excluding hydrogens is 277 g/mol. The van der Waals surface area contributed by atoms with Crippen molar-refractivity contribution in [1.29, 1.82) is 0 Å². The van der Waals surface area contributed by atoms with E-state index in [0.717, 1.165) is 11.0 Å². The number of halogens is 1. The molecule has 1 saturated carbocycles. The molecule has 6 heteroatoms. The van der Waals surface area contributed by atoms with Crippen molar-refractivity contribution in [3.05, 3.63) is 35.9 Å². The molecule has 1 aliphatic carbocycles. The van der Waals surface area contributed by atoms with Crippen LogP contribution in [0.2, 0.25) is 0 Å². The molecule has 0 aliphatic heterocycles. The van der Waals surface area contributed by atoms with E-state index < -0.39 is 0 Å². The van der Waals surface area contributed by atoms with Gasteiger partial charge in [0.05, 0.1) is 6.61 Å². The van der Waals surface area contributed by atoms with Crippen LogP contribution in [0, 0.1) is 5.82 Å². The fraction of sp³-hybridized carbons (Fsp3) is 0.429. The molecule has 4 nitrogen and oxygen atoms in total. The van der Waals surface area contributed by atoms with Crippen LogP contribution in [0.15, 0.2) is 29.4 Å². The molecular formula is C14H16FN3OS. The van der Waals surface area contributed by atoms with Crippen molar-refractivity contribution in [2.24, 2.45) is 7.05 Å². The van der Waals surface area contributed by atoms with Crippen molar-refractivity contribution in [3.8, 4) is 5.75 Å². The molecule has 1 aromatic heterocycles. The number of benzene rings is 1. The SMILES string of the molecule is Cn1c(SCCOc2ccccc2F)nnc1C1CC1. The van der Waals surface area contributed by atoms with Crippen molar-refractivity contribution >= 4 is 11.8 Å². The summed E-state index contributed by atoms with van der Waals surface area (Å²) in [5.41, 5.74) is 0. The van der Waals surface area contributed by atoms with Crippen LogP contribution in [0.25, 0.3) is 0 Å². The van der Waals surface area contributed by atoms with Crippen LogP contribution < -0.4 is 4.74 Å². The van der Waals surface area contributed by atoms with Gasteiger partial charge in [0.2, 0.25) is 0 Å². The fourth-order valence-electron chi connectivity index (χ4n) is 2.00. The number of para-hydroxylation sites is 1. The van der Waals surface area contributed by atoms with E-state index >= 15 is 0 Å². The van der Waals surface area contributed by atoms with Gasteiger partial charge < -0.3 is 9.30 Å². The lowest BCUT2D eigenvalue weighted by Gasteiger charge is -2.06. The minimum atomic E-state index is -0.327. The third kappa shape index (κ3) is 2.95. The molecule has 1 fully saturated rings. The van der Waals surface area contributed by atoms with E-state index in [1.54, 1.807) is 30.0 Å². The molecule has 1 aliphatic rings.